The van der Waals surface area contributed by atoms with Crippen molar-refractivity contribution >= 4 is 5.97 Å². The van der Waals surface area contributed by atoms with Crippen LogP contribution < -0.4 is 0 Å². The average Bonchev–Trinajstić information content (AvgIpc) is 3.42. The maximum absolute atomic E-state index is 13.0. The average molecular weight is 393 g/mol. The molecule has 0 N–H and O–H groups in total. The van der Waals surface area contributed by atoms with E-state index in [0.717, 1.165) is 18.4 Å². The van der Waals surface area contributed by atoms with E-state index in [2.05, 4.69) is 51.1 Å². The Balaban J connectivity index is 1.51. The van der Waals surface area contributed by atoms with E-state index in [1.165, 1.54) is 12.0 Å². The molecule has 2 aliphatic rings. The fourth-order valence-electron chi connectivity index (χ4n) is 5.05. The third-order valence-electron chi connectivity index (χ3n) is 7.13. The van der Waals surface area contributed by atoms with Crippen molar-refractivity contribution in [1.82, 2.24) is 0 Å². The van der Waals surface area contributed by atoms with E-state index in [9.17, 15) is 4.79 Å². The summed E-state index contributed by atoms with van der Waals surface area (Å²) >= 11 is 0. The number of rotatable bonds is 5. The fraction of sp³-hybridized carbons (Fsp3) is 0.500. The lowest BCUT2D eigenvalue weighted by Crippen LogP contribution is -2.44. The summed E-state index contributed by atoms with van der Waals surface area (Å²) < 4.78 is 12.0. The van der Waals surface area contributed by atoms with E-state index in [1.807, 2.05) is 37.3 Å². The van der Waals surface area contributed by atoms with Crippen molar-refractivity contribution < 1.29 is 14.3 Å². The first-order valence-corrected chi connectivity index (χ1v) is 10.8. The maximum Gasteiger partial charge on any atom is 0.339 e. The minimum Gasteiger partial charge on any atom is -0.460 e. The molecule has 4 rings (SSSR count). The summed E-state index contributed by atoms with van der Waals surface area (Å²) in [5.41, 5.74) is 1.71. The van der Waals surface area contributed by atoms with Crippen LogP contribution in [0.2, 0.25) is 0 Å². The van der Waals surface area contributed by atoms with E-state index < -0.39 is 11.7 Å². The second kappa shape index (κ2) is 7.60. The Morgan fingerprint density at radius 3 is 2.31 bits per heavy atom. The van der Waals surface area contributed by atoms with Crippen LogP contribution in [0.4, 0.5) is 0 Å². The van der Waals surface area contributed by atoms with Crippen LogP contribution in [0.3, 0.4) is 0 Å². The zero-order valence-electron chi connectivity index (χ0n) is 17.9. The molecule has 2 aromatic rings. The Hall–Kier alpha value is -2.13. The molecule has 1 saturated heterocycles. The van der Waals surface area contributed by atoms with Crippen molar-refractivity contribution in [3.63, 3.8) is 0 Å². The summed E-state index contributed by atoms with van der Waals surface area (Å²) in [4.78, 5) is 13.0. The molecule has 1 aliphatic carbocycles. The van der Waals surface area contributed by atoms with Crippen molar-refractivity contribution in [3.8, 4) is 0 Å². The molecule has 0 radical (unpaired) electrons. The van der Waals surface area contributed by atoms with Crippen molar-refractivity contribution in [2.24, 2.45) is 11.8 Å². The lowest BCUT2D eigenvalue weighted by molar-refractivity contribution is -0.158. The molecular weight excluding hydrogens is 360 g/mol. The van der Waals surface area contributed by atoms with Gasteiger partial charge in [-0.2, -0.15) is 0 Å². The van der Waals surface area contributed by atoms with Crippen molar-refractivity contribution in [2.45, 2.75) is 70.2 Å². The van der Waals surface area contributed by atoms with Gasteiger partial charge in [0.05, 0.1) is 0 Å². The van der Waals surface area contributed by atoms with Crippen LogP contribution in [0.15, 0.2) is 60.7 Å². The minimum atomic E-state index is -0.566. The van der Waals surface area contributed by atoms with Crippen LogP contribution in [-0.2, 0) is 25.3 Å². The Kier molecular flexibility index (Phi) is 5.29. The standard InChI is InChI=1S/C26H32O3/c1-18-15-16-21(25(2,3)19-11-7-5-8-12-19)22(17-18)28-24(27)23-26(4,29-23)20-13-9-6-10-14-20/h5-14,18,21-23H,15-17H2,1-4H3/t18-,21-,22-,23+,26-/m1/s1. The van der Waals surface area contributed by atoms with Crippen molar-refractivity contribution in [3.05, 3.63) is 71.8 Å². The predicted molar refractivity (Wildman–Crippen MR) is 115 cm³/mol. The fourth-order valence-corrected chi connectivity index (χ4v) is 5.05. The highest BCUT2D eigenvalue weighted by Crippen LogP contribution is 2.48. The normalized spacial score (nSPS) is 31.9. The lowest BCUT2D eigenvalue weighted by atomic mass is 9.64. The largest absolute Gasteiger partial charge is 0.460 e. The number of hydrogen-bond acceptors (Lipinski definition) is 3. The van der Waals surface area contributed by atoms with E-state index in [4.69, 9.17) is 9.47 Å². The Bertz CT molecular complexity index is 845. The van der Waals surface area contributed by atoms with E-state index >= 15 is 0 Å². The zero-order chi connectivity index (χ0) is 20.6. The molecule has 154 valence electrons. The number of hydrogen-bond donors (Lipinski definition) is 0. The molecule has 1 aliphatic heterocycles. The topological polar surface area (TPSA) is 38.8 Å². The second-order valence-corrected chi connectivity index (χ2v) is 9.56. The van der Waals surface area contributed by atoms with Gasteiger partial charge in [-0.3, -0.25) is 0 Å². The minimum absolute atomic E-state index is 0.0561. The third-order valence-corrected chi connectivity index (χ3v) is 7.13. The monoisotopic (exact) mass is 392 g/mol. The van der Waals surface area contributed by atoms with Crippen LogP contribution in [-0.4, -0.2) is 18.2 Å². The third kappa shape index (κ3) is 3.85. The Morgan fingerprint density at radius 2 is 1.66 bits per heavy atom. The van der Waals surface area contributed by atoms with Crippen LogP contribution in [0.1, 0.15) is 58.1 Å². The summed E-state index contributed by atoms with van der Waals surface area (Å²) in [5.74, 6) is 0.646. The zero-order valence-corrected chi connectivity index (χ0v) is 17.9. The summed E-state index contributed by atoms with van der Waals surface area (Å²) in [6.45, 7) is 8.80. The number of benzene rings is 2. The molecule has 29 heavy (non-hydrogen) atoms. The van der Waals surface area contributed by atoms with Gasteiger partial charge >= 0.3 is 5.97 Å². The molecular formula is C26H32O3. The van der Waals surface area contributed by atoms with Gasteiger partial charge in [-0.15, -0.1) is 0 Å². The van der Waals surface area contributed by atoms with Gasteiger partial charge in [0.1, 0.15) is 11.7 Å². The highest BCUT2D eigenvalue weighted by Gasteiger charge is 2.60. The van der Waals surface area contributed by atoms with Crippen molar-refractivity contribution in [2.75, 3.05) is 0 Å². The SMILES string of the molecule is C[C@@H]1CC[C@@H](C(C)(C)c2ccccc2)[C@H](OC(=O)[C@@H]2O[C@]2(C)c2ccccc2)C1. The number of carbonyl (C=O) groups excluding carboxylic acids is 1. The first-order chi connectivity index (χ1) is 13.8. The summed E-state index contributed by atoms with van der Waals surface area (Å²) in [6, 6.07) is 20.6. The molecule has 0 spiro atoms. The smallest absolute Gasteiger partial charge is 0.339 e. The van der Waals surface area contributed by atoms with E-state index in [1.54, 1.807) is 0 Å². The lowest BCUT2D eigenvalue weighted by Gasteiger charge is -2.44. The van der Waals surface area contributed by atoms with Gasteiger partial charge < -0.3 is 9.47 Å². The first-order valence-electron chi connectivity index (χ1n) is 10.8. The molecule has 0 unspecified atom stereocenters. The summed E-state index contributed by atoms with van der Waals surface area (Å²) in [5, 5.41) is 0. The quantitative estimate of drug-likeness (QED) is 0.489. The number of ether oxygens (including phenoxy) is 2. The van der Waals surface area contributed by atoms with Gasteiger partial charge in [-0.05, 0) is 42.2 Å². The van der Waals surface area contributed by atoms with Gasteiger partial charge in [0.2, 0.25) is 0 Å². The molecule has 0 amide bonds. The van der Waals surface area contributed by atoms with Gasteiger partial charge in [0.15, 0.2) is 6.10 Å². The van der Waals surface area contributed by atoms with Gasteiger partial charge in [-0.1, -0.05) is 87.9 Å². The van der Waals surface area contributed by atoms with Gasteiger partial charge in [0.25, 0.3) is 0 Å². The summed E-state index contributed by atoms with van der Waals surface area (Å²) in [6.07, 6.45) is 2.58. The summed E-state index contributed by atoms with van der Waals surface area (Å²) in [7, 11) is 0. The molecule has 2 fully saturated rings. The molecule has 0 bridgehead atoms. The molecule has 1 saturated carbocycles. The van der Waals surface area contributed by atoms with Crippen LogP contribution in [0.25, 0.3) is 0 Å². The number of carbonyl (C=O) groups is 1. The van der Waals surface area contributed by atoms with Crippen LogP contribution in [0, 0.1) is 11.8 Å². The van der Waals surface area contributed by atoms with Crippen LogP contribution in [0.5, 0.6) is 0 Å². The van der Waals surface area contributed by atoms with E-state index in [-0.39, 0.29) is 17.5 Å². The number of esters is 1. The van der Waals surface area contributed by atoms with E-state index in [0.29, 0.717) is 11.8 Å². The Labute approximate surface area is 174 Å². The Morgan fingerprint density at radius 1 is 1.03 bits per heavy atom. The molecule has 2 aromatic carbocycles. The maximum atomic E-state index is 13.0. The van der Waals surface area contributed by atoms with Gasteiger partial charge in [-0.25, -0.2) is 4.79 Å². The molecule has 3 nitrogen and oxygen atoms in total. The molecule has 1 heterocycles. The van der Waals surface area contributed by atoms with Gasteiger partial charge in [0, 0.05) is 5.92 Å². The highest BCUT2D eigenvalue weighted by molar-refractivity contribution is 5.80. The second-order valence-electron chi connectivity index (χ2n) is 9.56. The van der Waals surface area contributed by atoms with Crippen molar-refractivity contribution in [1.29, 1.82) is 0 Å². The molecule has 5 atom stereocenters. The molecule has 3 heteroatoms. The van der Waals surface area contributed by atoms with Crippen LogP contribution >= 0.6 is 0 Å². The number of epoxide rings is 1. The first kappa shape index (κ1) is 20.2. The highest BCUT2D eigenvalue weighted by atomic mass is 16.7. The molecule has 0 aromatic heterocycles. The predicted octanol–water partition coefficient (Wildman–Crippen LogP) is 5.63.